The van der Waals surface area contributed by atoms with Crippen LogP contribution in [-0.2, 0) is 0 Å². The predicted molar refractivity (Wildman–Crippen MR) is 71.4 cm³/mol. The van der Waals surface area contributed by atoms with Crippen molar-refractivity contribution < 1.29 is 0 Å². The smallest absolute Gasteiger partial charge is 0.0319 e. The summed E-state index contributed by atoms with van der Waals surface area (Å²) in [7, 11) is 0. The molecule has 2 nitrogen and oxygen atoms in total. The van der Waals surface area contributed by atoms with Gasteiger partial charge in [-0.1, -0.05) is 27.2 Å². The Morgan fingerprint density at radius 2 is 2.00 bits per heavy atom. The monoisotopic (exact) mass is 222 g/mol. The maximum absolute atomic E-state index is 4.21. The summed E-state index contributed by atoms with van der Waals surface area (Å²) < 4.78 is 0. The number of hydrogen-bond donors (Lipinski definition) is 1. The van der Waals surface area contributed by atoms with Gasteiger partial charge in [-0.2, -0.15) is 5.10 Å². The second kappa shape index (κ2) is 6.72. The molecule has 1 heterocycles. The molecule has 0 aromatic carbocycles. The normalized spacial score (nSPS) is 29.2. The molecule has 92 valence electrons. The van der Waals surface area contributed by atoms with Crippen LogP contribution in [0.5, 0.6) is 0 Å². The number of hydrogen-bond acceptors (Lipinski definition) is 2. The second-order valence-electron chi connectivity index (χ2n) is 4.72. The van der Waals surface area contributed by atoms with Crippen LogP contribution < -0.4 is 5.43 Å². The Bertz CT molecular complexity index is 266. The van der Waals surface area contributed by atoms with Gasteiger partial charge in [0.2, 0.25) is 0 Å². The van der Waals surface area contributed by atoms with Gasteiger partial charge in [-0.25, -0.2) is 0 Å². The minimum Gasteiger partial charge on any atom is -0.283 e. The highest BCUT2D eigenvalue weighted by molar-refractivity contribution is 5.66. The molecule has 0 saturated heterocycles. The molecule has 1 aliphatic carbocycles. The van der Waals surface area contributed by atoms with Crippen LogP contribution in [0, 0.1) is 11.8 Å². The molecule has 2 heteroatoms. The Balaban J connectivity index is 0.000000606. The molecular weight excluding hydrogens is 196 g/mol. The Kier molecular flexibility index (Phi) is 5.58. The molecule has 1 fully saturated rings. The molecule has 2 atom stereocenters. The summed E-state index contributed by atoms with van der Waals surface area (Å²) in [5, 5.41) is 4.21. The molecule has 16 heavy (non-hydrogen) atoms. The van der Waals surface area contributed by atoms with Crippen molar-refractivity contribution in [3.8, 4) is 0 Å². The summed E-state index contributed by atoms with van der Waals surface area (Å²) >= 11 is 0. The molecule has 0 aromatic heterocycles. The van der Waals surface area contributed by atoms with Crippen molar-refractivity contribution in [2.24, 2.45) is 16.9 Å². The summed E-state index contributed by atoms with van der Waals surface area (Å²) in [6.45, 7) is 8.53. The maximum Gasteiger partial charge on any atom is 0.0319 e. The lowest BCUT2D eigenvalue weighted by Crippen LogP contribution is -2.22. The van der Waals surface area contributed by atoms with E-state index in [-0.39, 0.29) is 0 Å². The standard InChI is InChI=1S/C12H20N2.C2H6/c1-9-4-3-5-12-10(2)14-13-8-11(12)7-6-9;1-2/h8-9,11,14H,3-7H2,1-2H3;1-2H3. The quantitative estimate of drug-likeness (QED) is 0.656. The highest BCUT2D eigenvalue weighted by Gasteiger charge is 2.21. The number of hydrazone groups is 1. The van der Waals surface area contributed by atoms with Gasteiger partial charge >= 0.3 is 0 Å². The summed E-state index contributed by atoms with van der Waals surface area (Å²) in [5.41, 5.74) is 5.99. The van der Waals surface area contributed by atoms with E-state index in [4.69, 9.17) is 0 Å². The first-order valence-electron chi connectivity index (χ1n) is 6.76. The van der Waals surface area contributed by atoms with Crippen molar-refractivity contribution in [2.45, 2.75) is 59.8 Å². The van der Waals surface area contributed by atoms with Gasteiger partial charge in [-0.05, 0) is 44.1 Å². The number of nitrogens with one attached hydrogen (secondary N) is 1. The molecule has 0 amide bonds. The molecule has 0 radical (unpaired) electrons. The highest BCUT2D eigenvalue weighted by Crippen LogP contribution is 2.31. The number of allylic oxidation sites excluding steroid dienone is 2. The average molecular weight is 222 g/mol. The average Bonchev–Trinajstić information content (AvgIpc) is 2.29. The van der Waals surface area contributed by atoms with Crippen molar-refractivity contribution in [1.82, 2.24) is 5.43 Å². The first-order chi connectivity index (χ1) is 7.77. The Hall–Kier alpha value is -0.790. The summed E-state index contributed by atoms with van der Waals surface area (Å²) in [5.74, 6) is 1.53. The predicted octanol–water partition coefficient (Wildman–Crippen LogP) is 4.09. The van der Waals surface area contributed by atoms with Gasteiger partial charge in [0.25, 0.3) is 0 Å². The van der Waals surface area contributed by atoms with Crippen LogP contribution in [0.2, 0.25) is 0 Å². The van der Waals surface area contributed by atoms with E-state index >= 15 is 0 Å². The van der Waals surface area contributed by atoms with Crippen LogP contribution >= 0.6 is 0 Å². The number of rotatable bonds is 0. The lowest BCUT2D eigenvalue weighted by molar-refractivity contribution is 0.412. The van der Waals surface area contributed by atoms with E-state index in [9.17, 15) is 0 Å². The molecule has 1 saturated carbocycles. The molecule has 0 spiro atoms. The minimum atomic E-state index is 0.624. The van der Waals surface area contributed by atoms with Crippen molar-refractivity contribution >= 4 is 6.21 Å². The van der Waals surface area contributed by atoms with E-state index in [1.165, 1.54) is 37.8 Å². The van der Waals surface area contributed by atoms with E-state index < -0.39 is 0 Å². The molecule has 0 aromatic rings. The number of fused-ring (bicyclic) bond motifs is 1. The lowest BCUT2D eigenvalue weighted by Gasteiger charge is -2.27. The lowest BCUT2D eigenvalue weighted by atomic mass is 9.82. The number of nitrogens with zero attached hydrogens (tertiary/aromatic N) is 1. The van der Waals surface area contributed by atoms with Crippen LogP contribution in [0.25, 0.3) is 0 Å². The Morgan fingerprint density at radius 1 is 1.25 bits per heavy atom. The van der Waals surface area contributed by atoms with E-state index in [1.54, 1.807) is 5.57 Å². The Labute approximate surface area is 100 Å². The fourth-order valence-electron chi connectivity index (χ4n) is 2.53. The third kappa shape index (κ3) is 3.36. The first-order valence-corrected chi connectivity index (χ1v) is 6.76. The van der Waals surface area contributed by atoms with Gasteiger partial charge in [0, 0.05) is 17.8 Å². The van der Waals surface area contributed by atoms with E-state index in [2.05, 4.69) is 30.6 Å². The van der Waals surface area contributed by atoms with Crippen LogP contribution in [-0.4, -0.2) is 6.21 Å². The SMILES string of the molecule is CC.CC1=C2CCCC(C)CCC2C=NN1. The second-order valence-corrected chi connectivity index (χ2v) is 4.72. The van der Waals surface area contributed by atoms with Gasteiger partial charge in [-0.3, -0.25) is 5.43 Å². The van der Waals surface area contributed by atoms with E-state index in [1.807, 2.05) is 13.8 Å². The van der Waals surface area contributed by atoms with Crippen LogP contribution in [0.3, 0.4) is 0 Å². The third-order valence-corrected chi connectivity index (χ3v) is 3.53. The maximum atomic E-state index is 4.21. The van der Waals surface area contributed by atoms with Gasteiger partial charge in [-0.15, -0.1) is 0 Å². The van der Waals surface area contributed by atoms with E-state index in [0.29, 0.717) is 5.92 Å². The molecule has 1 aliphatic heterocycles. The molecule has 2 rings (SSSR count). The summed E-state index contributed by atoms with van der Waals surface area (Å²) in [6.07, 6.45) is 8.74. The minimum absolute atomic E-state index is 0.624. The molecule has 0 bridgehead atoms. The van der Waals surface area contributed by atoms with Crippen LogP contribution in [0.15, 0.2) is 16.4 Å². The molecular formula is C14H26N2. The van der Waals surface area contributed by atoms with Crippen molar-refractivity contribution in [3.63, 3.8) is 0 Å². The zero-order valence-corrected chi connectivity index (χ0v) is 11.2. The molecule has 1 N–H and O–H groups in total. The fraction of sp³-hybridized carbons (Fsp3) is 0.786. The van der Waals surface area contributed by atoms with E-state index in [0.717, 1.165) is 5.92 Å². The third-order valence-electron chi connectivity index (χ3n) is 3.53. The largest absolute Gasteiger partial charge is 0.283 e. The van der Waals surface area contributed by atoms with Gasteiger partial charge in [0.05, 0.1) is 0 Å². The topological polar surface area (TPSA) is 24.4 Å². The zero-order valence-electron chi connectivity index (χ0n) is 11.2. The van der Waals surface area contributed by atoms with Crippen molar-refractivity contribution in [1.29, 1.82) is 0 Å². The van der Waals surface area contributed by atoms with Crippen molar-refractivity contribution in [2.75, 3.05) is 0 Å². The van der Waals surface area contributed by atoms with Crippen LogP contribution in [0.4, 0.5) is 0 Å². The zero-order chi connectivity index (χ0) is 12.0. The van der Waals surface area contributed by atoms with Crippen molar-refractivity contribution in [3.05, 3.63) is 11.3 Å². The summed E-state index contributed by atoms with van der Waals surface area (Å²) in [4.78, 5) is 0. The summed E-state index contributed by atoms with van der Waals surface area (Å²) in [6, 6.07) is 0. The first kappa shape index (κ1) is 13.3. The fourth-order valence-corrected chi connectivity index (χ4v) is 2.53. The highest BCUT2D eigenvalue weighted by atomic mass is 15.3. The molecule has 2 unspecified atom stereocenters. The van der Waals surface area contributed by atoms with Gasteiger partial charge in [0.15, 0.2) is 0 Å². The molecule has 2 aliphatic rings. The van der Waals surface area contributed by atoms with Gasteiger partial charge in [0.1, 0.15) is 0 Å². The van der Waals surface area contributed by atoms with Gasteiger partial charge < -0.3 is 0 Å². The van der Waals surface area contributed by atoms with Crippen LogP contribution in [0.1, 0.15) is 59.8 Å². The Morgan fingerprint density at radius 3 is 2.75 bits per heavy atom.